The number of carbonyl (C=O) groups excluding carboxylic acids is 1. The number of carbonyl (C=O) groups is 1. The van der Waals surface area contributed by atoms with E-state index >= 15 is 0 Å². The molecule has 0 bridgehead atoms. The third-order valence-corrected chi connectivity index (χ3v) is 3.51. The van der Waals surface area contributed by atoms with Crippen LogP contribution in [0.4, 0.5) is 5.69 Å². The van der Waals surface area contributed by atoms with E-state index in [1.807, 2.05) is 55.5 Å². The van der Waals surface area contributed by atoms with E-state index in [1.165, 1.54) is 0 Å². The van der Waals surface area contributed by atoms with Gasteiger partial charge in [0.05, 0.1) is 0 Å². The van der Waals surface area contributed by atoms with Crippen LogP contribution >= 0.6 is 22.6 Å². The van der Waals surface area contributed by atoms with Crippen molar-refractivity contribution in [2.24, 2.45) is 0 Å². The minimum atomic E-state index is -0.403. The van der Waals surface area contributed by atoms with Gasteiger partial charge in [-0.1, -0.05) is 35.9 Å². The Labute approximate surface area is 137 Å². The number of hydrogen-bond acceptors (Lipinski definition) is 2. The van der Waals surface area contributed by atoms with Crippen molar-refractivity contribution in [1.29, 1.82) is 5.26 Å². The van der Waals surface area contributed by atoms with Crippen LogP contribution in [0.3, 0.4) is 0 Å². The lowest BCUT2D eigenvalue weighted by molar-refractivity contribution is -0.112. The average molecular weight is 388 g/mol. The average Bonchev–Trinajstić information content (AvgIpc) is 2.46. The van der Waals surface area contributed by atoms with Crippen molar-refractivity contribution in [3.05, 3.63) is 68.8 Å². The Balaban J connectivity index is 2.19. The highest BCUT2D eigenvalue weighted by atomic mass is 127. The first-order valence-electron chi connectivity index (χ1n) is 6.34. The molecule has 1 N–H and O–H groups in total. The van der Waals surface area contributed by atoms with E-state index in [4.69, 9.17) is 5.26 Å². The predicted octanol–water partition coefficient (Wildman–Crippen LogP) is 4.15. The van der Waals surface area contributed by atoms with E-state index in [2.05, 4.69) is 27.9 Å². The molecule has 0 aliphatic carbocycles. The van der Waals surface area contributed by atoms with Crippen molar-refractivity contribution in [2.75, 3.05) is 5.32 Å². The van der Waals surface area contributed by atoms with Gasteiger partial charge < -0.3 is 5.32 Å². The Morgan fingerprint density at radius 3 is 2.57 bits per heavy atom. The summed E-state index contributed by atoms with van der Waals surface area (Å²) in [4.78, 5) is 12.1. The van der Waals surface area contributed by atoms with E-state index in [0.29, 0.717) is 5.69 Å². The van der Waals surface area contributed by atoms with E-state index in [-0.39, 0.29) is 5.57 Å². The van der Waals surface area contributed by atoms with Crippen LogP contribution < -0.4 is 5.32 Å². The van der Waals surface area contributed by atoms with Gasteiger partial charge in [0.2, 0.25) is 0 Å². The number of nitriles is 1. The number of nitrogens with zero attached hydrogens (tertiary/aromatic N) is 1. The Hall–Kier alpha value is -2.13. The fraction of sp³-hybridized carbons (Fsp3) is 0.0588. The van der Waals surface area contributed by atoms with E-state index in [1.54, 1.807) is 12.1 Å². The summed E-state index contributed by atoms with van der Waals surface area (Å²) >= 11 is 2.17. The topological polar surface area (TPSA) is 52.9 Å². The van der Waals surface area contributed by atoms with Crippen molar-refractivity contribution >= 4 is 40.3 Å². The zero-order chi connectivity index (χ0) is 15.2. The fourth-order valence-electron chi connectivity index (χ4n) is 1.74. The van der Waals surface area contributed by atoms with Crippen molar-refractivity contribution in [1.82, 2.24) is 0 Å². The maximum atomic E-state index is 12.1. The lowest BCUT2D eigenvalue weighted by Gasteiger charge is -2.04. The van der Waals surface area contributed by atoms with Gasteiger partial charge in [0.1, 0.15) is 11.6 Å². The van der Waals surface area contributed by atoms with Gasteiger partial charge >= 0.3 is 0 Å². The molecule has 0 fully saturated rings. The van der Waals surface area contributed by atoms with Crippen LogP contribution in [0.1, 0.15) is 11.1 Å². The number of halogens is 1. The van der Waals surface area contributed by atoms with Crippen molar-refractivity contribution in [3.8, 4) is 6.07 Å². The fourth-order valence-corrected chi connectivity index (χ4v) is 2.29. The summed E-state index contributed by atoms with van der Waals surface area (Å²) in [5, 5.41) is 11.9. The summed E-state index contributed by atoms with van der Waals surface area (Å²) in [7, 11) is 0. The van der Waals surface area contributed by atoms with Crippen LogP contribution in [0.15, 0.2) is 54.1 Å². The molecular formula is C17H13IN2O. The highest BCUT2D eigenvalue weighted by molar-refractivity contribution is 14.1. The quantitative estimate of drug-likeness (QED) is 0.488. The van der Waals surface area contributed by atoms with Gasteiger partial charge in [-0.2, -0.15) is 5.26 Å². The Kier molecular flexibility index (Phi) is 5.12. The minimum absolute atomic E-state index is 0.0812. The molecular weight excluding hydrogens is 375 g/mol. The van der Waals surface area contributed by atoms with Gasteiger partial charge in [-0.15, -0.1) is 0 Å². The standard InChI is InChI=1S/C17H13IN2O/c1-12-5-7-13(8-6-12)9-14(11-19)17(21)20-16-4-2-3-15(18)10-16/h2-10H,1H3,(H,20,21)/b14-9+. The summed E-state index contributed by atoms with van der Waals surface area (Å²) < 4.78 is 1.02. The largest absolute Gasteiger partial charge is 0.321 e. The van der Waals surface area contributed by atoms with Crippen molar-refractivity contribution < 1.29 is 4.79 Å². The Bertz CT molecular complexity index is 727. The molecule has 2 aromatic carbocycles. The van der Waals surface area contributed by atoms with Crippen LogP contribution in [-0.4, -0.2) is 5.91 Å². The number of anilines is 1. The molecule has 0 radical (unpaired) electrons. The molecule has 0 unspecified atom stereocenters. The third kappa shape index (κ3) is 4.43. The Morgan fingerprint density at radius 1 is 1.24 bits per heavy atom. The summed E-state index contributed by atoms with van der Waals surface area (Å²) in [5.74, 6) is -0.403. The molecule has 3 nitrogen and oxygen atoms in total. The molecule has 0 aromatic heterocycles. The van der Waals surface area contributed by atoms with Crippen LogP contribution in [-0.2, 0) is 4.79 Å². The van der Waals surface area contributed by atoms with E-state index < -0.39 is 5.91 Å². The SMILES string of the molecule is Cc1ccc(/C=C(\C#N)C(=O)Nc2cccc(I)c2)cc1. The molecule has 4 heteroatoms. The molecule has 0 saturated carbocycles. The third-order valence-electron chi connectivity index (χ3n) is 2.84. The summed E-state index contributed by atoms with van der Waals surface area (Å²) in [6, 6.07) is 17.0. The number of hydrogen-bond donors (Lipinski definition) is 1. The number of amides is 1. The Morgan fingerprint density at radius 2 is 1.95 bits per heavy atom. The van der Waals surface area contributed by atoms with Crippen LogP contribution in [0.5, 0.6) is 0 Å². The second-order valence-electron chi connectivity index (χ2n) is 4.54. The van der Waals surface area contributed by atoms with Gasteiger partial charge in [0.15, 0.2) is 0 Å². The number of benzene rings is 2. The van der Waals surface area contributed by atoms with Gasteiger partial charge in [-0.05, 0) is 59.4 Å². The highest BCUT2D eigenvalue weighted by Crippen LogP contribution is 2.14. The van der Waals surface area contributed by atoms with Gasteiger partial charge in [-0.25, -0.2) is 0 Å². The zero-order valence-electron chi connectivity index (χ0n) is 11.4. The molecule has 21 heavy (non-hydrogen) atoms. The van der Waals surface area contributed by atoms with E-state index in [0.717, 1.165) is 14.7 Å². The lowest BCUT2D eigenvalue weighted by Crippen LogP contribution is -2.13. The van der Waals surface area contributed by atoms with Gasteiger partial charge in [-0.3, -0.25) is 4.79 Å². The van der Waals surface area contributed by atoms with Gasteiger partial charge in [0, 0.05) is 9.26 Å². The lowest BCUT2D eigenvalue weighted by atomic mass is 10.1. The van der Waals surface area contributed by atoms with Crippen molar-refractivity contribution in [2.45, 2.75) is 6.92 Å². The normalized spacial score (nSPS) is 10.8. The molecule has 0 spiro atoms. The molecule has 0 aliphatic rings. The first kappa shape index (κ1) is 15.3. The molecule has 0 aliphatic heterocycles. The molecule has 1 amide bonds. The first-order valence-corrected chi connectivity index (χ1v) is 7.42. The summed E-state index contributed by atoms with van der Waals surface area (Å²) in [6.45, 7) is 1.99. The first-order chi connectivity index (χ1) is 10.1. The summed E-state index contributed by atoms with van der Waals surface area (Å²) in [6.07, 6.45) is 1.59. The van der Waals surface area contributed by atoms with Crippen LogP contribution in [0.25, 0.3) is 6.08 Å². The van der Waals surface area contributed by atoms with Gasteiger partial charge in [0.25, 0.3) is 5.91 Å². The monoisotopic (exact) mass is 388 g/mol. The maximum absolute atomic E-state index is 12.1. The molecule has 2 rings (SSSR count). The van der Waals surface area contributed by atoms with Crippen molar-refractivity contribution in [3.63, 3.8) is 0 Å². The van der Waals surface area contributed by atoms with Crippen LogP contribution in [0, 0.1) is 21.8 Å². The minimum Gasteiger partial charge on any atom is -0.321 e. The second-order valence-corrected chi connectivity index (χ2v) is 5.79. The molecule has 104 valence electrons. The number of rotatable bonds is 3. The summed E-state index contributed by atoms with van der Waals surface area (Å²) in [5.41, 5.74) is 2.72. The molecule has 0 atom stereocenters. The number of nitrogens with one attached hydrogen (secondary N) is 1. The maximum Gasteiger partial charge on any atom is 0.266 e. The molecule has 0 heterocycles. The molecule has 0 saturated heterocycles. The van der Waals surface area contributed by atoms with E-state index in [9.17, 15) is 4.79 Å². The van der Waals surface area contributed by atoms with Crippen LogP contribution in [0.2, 0.25) is 0 Å². The number of aryl methyl sites for hydroxylation is 1. The smallest absolute Gasteiger partial charge is 0.266 e. The second kappa shape index (κ2) is 7.04. The highest BCUT2D eigenvalue weighted by Gasteiger charge is 2.09. The zero-order valence-corrected chi connectivity index (χ0v) is 13.6. The molecule has 2 aromatic rings. The predicted molar refractivity (Wildman–Crippen MR) is 92.6 cm³/mol.